The first-order chi connectivity index (χ1) is 7.36. The smallest absolute Gasteiger partial charge is 0.244 e. The Bertz CT molecular complexity index is 469. The SMILES string of the molecule is COc1cc(N)ccc1S(=O)(=O)NC(C)C. The Kier molecular flexibility index (Phi) is 3.77. The second kappa shape index (κ2) is 4.71. The Morgan fingerprint density at radius 2 is 2.00 bits per heavy atom. The Hall–Kier alpha value is -1.27. The largest absolute Gasteiger partial charge is 0.495 e. The number of rotatable bonds is 4. The van der Waals surface area contributed by atoms with Crippen molar-refractivity contribution in [2.45, 2.75) is 24.8 Å². The zero-order chi connectivity index (χ0) is 12.3. The van der Waals surface area contributed by atoms with Crippen molar-refractivity contribution in [1.82, 2.24) is 4.72 Å². The lowest BCUT2D eigenvalue weighted by atomic mass is 10.3. The fourth-order valence-electron chi connectivity index (χ4n) is 1.28. The fourth-order valence-corrected chi connectivity index (χ4v) is 2.68. The maximum absolute atomic E-state index is 11.9. The Morgan fingerprint density at radius 1 is 1.38 bits per heavy atom. The number of anilines is 1. The van der Waals surface area contributed by atoms with Gasteiger partial charge in [0.15, 0.2) is 0 Å². The molecule has 0 aliphatic rings. The molecule has 0 spiro atoms. The van der Waals surface area contributed by atoms with E-state index in [0.29, 0.717) is 5.69 Å². The summed E-state index contributed by atoms with van der Waals surface area (Å²) in [6.45, 7) is 3.50. The van der Waals surface area contributed by atoms with Gasteiger partial charge in [0, 0.05) is 17.8 Å². The van der Waals surface area contributed by atoms with Crippen molar-refractivity contribution in [1.29, 1.82) is 0 Å². The van der Waals surface area contributed by atoms with Crippen LogP contribution in [0, 0.1) is 0 Å². The molecular formula is C10H16N2O3S. The highest BCUT2D eigenvalue weighted by atomic mass is 32.2. The summed E-state index contributed by atoms with van der Waals surface area (Å²) in [5.74, 6) is 0.244. The number of hydrogen-bond acceptors (Lipinski definition) is 4. The minimum absolute atomic E-state index is 0.0953. The maximum Gasteiger partial charge on any atom is 0.244 e. The molecule has 6 heteroatoms. The van der Waals surface area contributed by atoms with E-state index in [9.17, 15) is 8.42 Å². The van der Waals surface area contributed by atoms with Crippen LogP contribution in [0.2, 0.25) is 0 Å². The molecule has 0 aromatic heterocycles. The number of nitrogens with one attached hydrogen (secondary N) is 1. The van der Waals surface area contributed by atoms with Gasteiger partial charge in [-0.25, -0.2) is 13.1 Å². The molecule has 0 heterocycles. The number of ether oxygens (including phenoxy) is 1. The predicted molar refractivity (Wildman–Crippen MR) is 62.9 cm³/mol. The lowest BCUT2D eigenvalue weighted by Crippen LogP contribution is -2.30. The molecule has 3 N–H and O–H groups in total. The first-order valence-electron chi connectivity index (χ1n) is 4.82. The third kappa shape index (κ3) is 2.86. The molecule has 0 fully saturated rings. The van der Waals surface area contributed by atoms with E-state index < -0.39 is 10.0 Å². The summed E-state index contributed by atoms with van der Waals surface area (Å²) < 4.78 is 31.3. The van der Waals surface area contributed by atoms with Gasteiger partial charge in [-0.05, 0) is 26.0 Å². The summed E-state index contributed by atoms with van der Waals surface area (Å²) in [5, 5.41) is 0. The molecular weight excluding hydrogens is 228 g/mol. The highest BCUT2D eigenvalue weighted by molar-refractivity contribution is 7.89. The molecule has 0 amide bonds. The quantitative estimate of drug-likeness (QED) is 0.773. The van der Waals surface area contributed by atoms with E-state index in [1.54, 1.807) is 13.8 Å². The van der Waals surface area contributed by atoms with Gasteiger partial charge in [0.2, 0.25) is 10.0 Å². The van der Waals surface area contributed by atoms with Crippen LogP contribution in [0.3, 0.4) is 0 Å². The van der Waals surface area contributed by atoms with Crippen molar-refractivity contribution in [3.63, 3.8) is 0 Å². The molecule has 0 saturated heterocycles. The number of benzene rings is 1. The summed E-state index contributed by atoms with van der Waals surface area (Å²) in [4.78, 5) is 0.0953. The van der Waals surface area contributed by atoms with Gasteiger partial charge in [0.1, 0.15) is 10.6 Å². The van der Waals surface area contributed by atoms with Crippen LogP contribution in [-0.4, -0.2) is 21.6 Å². The molecule has 0 aliphatic heterocycles. The number of sulfonamides is 1. The monoisotopic (exact) mass is 244 g/mol. The highest BCUT2D eigenvalue weighted by Crippen LogP contribution is 2.25. The van der Waals surface area contributed by atoms with E-state index in [1.807, 2.05) is 0 Å². The Labute approximate surface area is 95.7 Å². The molecule has 0 aliphatic carbocycles. The fraction of sp³-hybridized carbons (Fsp3) is 0.400. The molecule has 0 radical (unpaired) electrons. The Balaban J connectivity index is 3.22. The Morgan fingerprint density at radius 3 is 2.50 bits per heavy atom. The number of hydrogen-bond donors (Lipinski definition) is 2. The van der Waals surface area contributed by atoms with Crippen molar-refractivity contribution < 1.29 is 13.2 Å². The van der Waals surface area contributed by atoms with Gasteiger partial charge in [-0.15, -0.1) is 0 Å². The summed E-state index contributed by atoms with van der Waals surface area (Å²) in [6.07, 6.45) is 0. The molecule has 1 aromatic carbocycles. The molecule has 0 saturated carbocycles. The second-order valence-corrected chi connectivity index (χ2v) is 5.37. The van der Waals surface area contributed by atoms with Crippen LogP contribution in [0.1, 0.15) is 13.8 Å². The van der Waals surface area contributed by atoms with Crippen LogP contribution < -0.4 is 15.2 Å². The zero-order valence-corrected chi connectivity index (χ0v) is 10.3. The van der Waals surface area contributed by atoms with E-state index in [0.717, 1.165) is 0 Å². The van der Waals surface area contributed by atoms with Crippen molar-refractivity contribution in [3.8, 4) is 5.75 Å². The average molecular weight is 244 g/mol. The van der Waals surface area contributed by atoms with E-state index in [-0.39, 0.29) is 16.7 Å². The van der Waals surface area contributed by atoms with Crippen molar-refractivity contribution >= 4 is 15.7 Å². The van der Waals surface area contributed by atoms with Crippen LogP contribution >= 0.6 is 0 Å². The number of nitrogen functional groups attached to an aromatic ring is 1. The molecule has 0 bridgehead atoms. The van der Waals surface area contributed by atoms with Gasteiger partial charge in [0.05, 0.1) is 7.11 Å². The van der Waals surface area contributed by atoms with E-state index in [4.69, 9.17) is 10.5 Å². The third-order valence-electron chi connectivity index (χ3n) is 1.87. The zero-order valence-electron chi connectivity index (χ0n) is 9.52. The first kappa shape index (κ1) is 12.8. The number of nitrogens with two attached hydrogens (primary N) is 1. The summed E-state index contributed by atoms with van der Waals surface area (Å²) in [5.41, 5.74) is 6.01. The lowest BCUT2D eigenvalue weighted by molar-refractivity contribution is 0.402. The summed E-state index contributed by atoms with van der Waals surface area (Å²) >= 11 is 0. The molecule has 90 valence electrons. The van der Waals surface area contributed by atoms with Gasteiger partial charge in [0.25, 0.3) is 0 Å². The minimum Gasteiger partial charge on any atom is -0.495 e. The average Bonchev–Trinajstić information content (AvgIpc) is 2.15. The van der Waals surface area contributed by atoms with Crippen molar-refractivity contribution in [2.24, 2.45) is 0 Å². The minimum atomic E-state index is -3.55. The van der Waals surface area contributed by atoms with Crippen LogP contribution in [0.25, 0.3) is 0 Å². The third-order valence-corrected chi connectivity index (χ3v) is 3.57. The van der Waals surface area contributed by atoms with Gasteiger partial charge < -0.3 is 10.5 Å². The first-order valence-corrected chi connectivity index (χ1v) is 6.31. The van der Waals surface area contributed by atoms with Gasteiger partial charge in [-0.1, -0.05) is 0 Å². The van der Waals surface area contributed by atoms with Crippen molar-refractivity contribution in [2.75, 3.05) is 12.8 Å². The summed E-state index contributed by atoms with van der Waals surface area (Å²) in [7, 11) is -2.14. The molecule has 0 atom stereocenters. The summed E-state index contributed by atoms with van der Waals surface area (Å²) in [6, 6.07) is 4.26. The van der Waals surface area contributed by atoms with Crippen LogP contribution in [0.15, 0.2) is 23.1 Å². The molecule has 1 rings (SSSR count). The number of methoxy groups -OCH3 is 1. The van der Waals surface area contributed by atoms with Gasteiger partial charge >= 0.3 is 0 Å². The van der Waals surface area contributed by atoms with Crippen LogP contribution in [0.5, 0.6) is 5.75 Å². The van der Waals surface area contributed by atoms with Gasteiger partial charge in [-0.3, -0.25) is 0 Å². The molecule has 1 aromatic rings. The standard InChI is InChI=1S/C10H16N2O3S/c1-7(2)12-16(13,14)10-5-4-8(11)6-9(10)15-3/h4-7,12H,11H2,1-3H3. The second-order valence-electron chi connectivity index (χ2n) is 3.69. The lowest BCUT2D eigenvalue weighted by Gasteiger charge is -2.12. The normalized spacial score (nSPS) is 11.8. The topological polar surface area (TPSA) is 81.4 Å². The van der Waals surface area contributed by atoms with Crippen LogP contribution in [-0.2, 0) is 10.0 Å². The van der Waals surface area contributed by atoms with Crippen molar-refractivity contribution in [3.05, 3.63) is 18.2 Å². The maximum atomic E-state index is 11.9. The van der Waals surface area contributed by atoms with E-state index in [1.165, 1.54) is 25.3 Å². The van der Waals surface area contributed by atoms with Crippen LogP contribution in [0.4, 0.5) is 5.69 Å². The molecule has 16 heavy (non-hydrogen) atoms. The predicted octanol–water partition coefficient (Wildman–Crippen LogP) is 0.964. The van der Waals surface area contributed by atoms with E-state index >= 15 is 0 Å². The molecule has 5 nitrogen and oxygen atoms in total. The highest BCUT2D eigenvalue weighted by Gasteiger charge is 2.20. The molecule has 0 unspecified atom stereocenters. The van der Waals surface area contributed by atoms with E-state index in [2.05, 4.69) is 4.72 Å². The van der Waals surface area contributed by atoms with Gasteiger partial charge in [-0.2, -0.15) is 0 Å².